The number of pyridine rings is 1. The van der Waals surface area contributed by atoms with Gasteiger partial charge in [-0.25, -0.2) is 4.98 Å². The Morgan fingerprint density at radius 3 is 2.95 bits per heavy atom. The Kier molecular flexibility index (Phi) is 6.30. The summed E-state index contributed by atoms with van der Waals surface area (Å²) in [5, 5.41) is 5.76. The zero-order valence-electron chi connectivity index (χ0n) is 12.2. The van der Waals surface area contributed by atoms with Crippen LogP contribution in [0, 0.1) is 0 Å². The van der Waals surface area contributed by atoms with Crippen LogP contribution in [0.25, 0.3) is 10.9 Å². The fraction of sp³-hybridized carbons (Fsp3) is 0.438. The molecule has 0 atom stereocenters. The van der Waals surface area contributed by atoms with Gasteiger partial charge in [0.25, 0.3) is 0 Å². The van der Waals surface area contributed by atoms with E-state index in [0.717, 1.165) is 42.4 Å². The van der Waals surface area contributed by atoms with Gasteiger partial charge in [-0.15, -0.1) is 11.8 Å². The Morgan fingerprint density at radius 2 is 2.15 bits per heavy atom. The molecule has 2 aromatic rings. The van der Waals surface area contributed by atoms with Gasteiger partial charge < -0.3 is 10.1 Å². The van der Waals surface area contributed by atoms with Gasteiger partial charge in [0.15, 0.2) is 0 Å². The minimum absolute atomic E-state index is 0.735. The molecule has 1 N–H and O–H groups in total. The summed E-state index contributed by atoms with van der Waals surface area (Å²) < 4.78 is 5.06. The van der Waals surface area contributed by atoms with E-state index in [0.29, 0.717) is 0 Å². The standard InChI is InChI=1S/C16H22N2OS/c1-3-10-20-16-14(12-17-8-9-19-2)11-13-6-4-5-7-15(13)18-16/h4-7,11,17H,3,8-10,12H2,1-2H3. The number of rotatable bonds is 8. The molecule has 0 spiro atoms. The van der Waals surface area contributed by atoms with Crippen LogP contribution in [0.2, 0.25) is 0 Å². The van der Waals surface area contributed by atoms with Crippen molar-refractivity contribution in [1.82, 2.24) is 10.3 Å². The lowest BCUT2D eigenvalue weighted by atomic mass is 10.1. The smallest absolute Gasteiger partial charge is 0.101 e. The normalized spacial score (nSPS) is 11.1. The number of hydrogen-bond acceptors (Lipinski definition) is 4. The first-order valence-electron chi connectivity index (χ1n) is 7.06. The summed E-state index contributed by atoms with van der Waals surface area (Å²) >= 11 is 1.84. The van der Waals surface area contributed by atoms with Crippen LogP contribution in [-0.2, 0) is 11.3 Å². The fourth-order valence-electron chi connectivity index (χ4n) is 1.99. The molecule has 0 aliphatic rings. The van der Waals surface area contributed by atoms with Crippen LogP contribution in [-0.4, -0.2) is 31.0 Å². The van der Waals surface area contributed by atoms with Gasteiger partial charge in [-0.3, -0.25) is 0 Å². The highest BCUT2D eigenvalue weighted by molar-refractivity contribution is 7.99. The SMILES string of the molecule is CCCSc1nc2ccccc2cc1CNCCOC. The Morgan fingerprint density at radius 1 is 1.30 bits per heavy atom. The second-order valence-corrected chi connectivity index (χ2v) is 5.75. The highest BCUT2D eigenvalue weighted by Gasteiger charge is 2.07. The summed E-state index contributed by atoms with van der Waals surface area (Å²) in [6, 6.07) is 10.5. The third-order valence-electron chi connectivity index (χ3n) is 3.00. The van der Waals surface area contributed by atoms with Gasteiger partial charge in [0.2, 0.25) is 0 Å². The minimum Gasteiger partial charge on any atom is -0.383 e. The molecule has 20 heavy (non-hydrogen) atoms. The molecule has 0 saturated heterocycles. The molecule has 0 aliphatic carbocycles. The number of methoxy groups -OCH3 is 1. The average molecular weight is 290 g/mol. The highest BCUT2D eigenvalue weighted by atomic mass is 32.2. The maximum atomic E-state index is 5.06. The largest absolute Gasteiger partial charge is 0.383 e. The lowest BCUT2D eigenvalue weighted by Crippen LogP contribution is -2.19. The topological polar surface area (TPSA) is 34.2 Å². The van der Waals surface area contributed by atoms with Crippen LogP contribution < -0.4 is 5.32 Å². The molecule has 2 rings (SSSR count). The fourth-order valence-corrected chi connectivity index (χ4v) is 2.87. The minimum atomic E-state index is 0.735. The Balaban J connectivity index is 2.18. The van der Waals surface area contributed by atoms with Crippen LogP contribution in [0.1, 0.15) is 18.9 Å². The molecule has 0 bridgehead atoms. The first-order chi connectivity index (χ1) is 9.85. The van der Waals surface area contributed by atoms with Gasteiger partial charge in [0.1, 0.15) is 5.03 Å². The number of benzene rings is 1. The molecular formula is C16H22N2OS. The molecule has 1 aromatic heterocycles. The molecule has 4 heteroatoms. The summed E-state index contributed by atoms with van der Waals surface area (Å²) in [4.78, 5) is 4.80. The van der Waals surface area contributed by atoms with Crippen molar-refractivity contribution < 1.29 is 4.74 Å². The number of thioether (sulfide) groups is 1. The van der Waals surface area contributed by atoms with Crippen molar-refractivity contribution in [3.8, 4) is 0 Å². The summed E-state index contributed by atoms with van der Waals surface area (Å²) in [6.07, 6.45) is 1.16. The van der Waals surface area contributed by atoms with Crippen LogP contribution in [0.3, 0.4) is 0 Å². The number of para-hydroxylation sites is 1. The van der Waals surface area contributed by atoms with Gasteiger partial charge in [-0.05, 0) is 29.9 Å². The molecule has 1 heterocycles. The van der Waals surface area contributed by atoms with Crippen molar-refractivity contribution in [2.24, 2.45) is 0 Å². The predicted molar refractivity (Wildman–Crippen MR) is 86.3 cm³/mol. The number of nitrogens with zero attached hydrogens (tertiary/aromatic N) is 1. The van der Waals surface area contributed by atoms with Crippen LogP contribution >= 0.6 is 11.8 Å². The molecular weight excluding hydrogens is 268 g/mol. The molecule has 0 radical (unpaired) electrons. The van der Waals surface area contributed by atoms with Crippen molar-refractivity contribution >= 4 is 22.7 Å². The molecule has 0 aliphatic heterocycles. The zero-order chi connectivity index (χ0) is 14.2. The maximum Gasteiger partial charge on any atom is 0.101 e. The van der Waals surface area contributed by atoms with E-state index >= 15 is 0 Å². The molecule has 0 saturated carbocycles. The Labute approximate surface area is 125 Å². The van der Waals surface area contributed by atoms with E-state index < -0.39 is 0 Å². The summed E-state index contributed by atoms with van der Waals surface area (Å²) in [7, 11) is 1.72. The molecule has 0 amide bonds. The third kappa shape index (κ3) is 4.20. The number of nitrogens with one attached hydrogen (secondary N) is 1. The van der Waals surface area contributed by atoms with Gasteiger partial charge in [0, 0.05) is 25.6 Å². The van der Waals surface area contributed by atoms with E-state index in [2.05, 4.69) is 36.5 Å². The summed E-state index contributed by atoms with van der Waals surface area (Å²) in [5.41, 5.74) is 2.35. The van der Waals surface area contributed by atoms with Gasteiger partial charge in [-0.2, -0.15) is 0 Å². The predicted octanol–water partition coefficient (Wildman–Crippen LogP) is 3.47. The summed E-state index contributed by atoms with van der Waals surface area (Å²) in [6.45, 7) is 4.64. The second kappa shape index (κ2) is 8.25. The quantitative estimate of drug-likeness (QED) is 0.596. The monoisotopic (exact) mass is 290 g/mol. The third-order valence-corrected chi connectivity index (χ3v) is 4.24. The van der Waals surface area contributed by atoms with Crippen molar-refractivity contribution in [1.29, 1.82) is 0 Å². The van der Waals surface area contributed by atoms with Crippen LogP contribution in [0.15, 0.2) is 35.4 Å². The molecule has 1 aromatic carbocycles. The van der Waals surface area contributed by atoms with Gasteiger partial charge in [-0.1, -0.05) is 25.1 Å². The van der Waals surface area contributed by atoms with Crippen molar-refractivity contribution in [3.63, 3.8) is 0 Å². The molecule has 108 valence electrons. The first kappa shape index (κ1) is 15.3. The van der Waals surface area contributed by atoms with Crippen LogP contribution in [0.4, 0.5) is 0 Å². The van der Waals surface area contributed by atoms with Crippen molar-refractivity contribution in [2.45, 2.75) is 24.9 Å². The Bertz CT molecular complexity index is 545. The van der Waals surface area contributed by atoms with E-state index in [1.54, 1.807) is 7.11 Å². The number of hydrogen-bond donors (Lipinski definition) is 1. The van der Waals surface area contributed by atoms with E-state index in [-0.39, 0.29) is 0 Å². The maximum absolute atomic E-state index is 5.06. The molecule has 0 unspecified atom stereocenters. The van der Waals surface area contributed by atoms with Crippen LogP contribution in [0.5, 0.6) is 0 Å². The highest BCUT2D eigenvalue weighted by Crippen LogP contribution is 2.25. The number of fused-ring (bicyclic) bond motifs is 1. The van der Waals surface area contributed by atoms with E-state index in [1.807, 2.05) is 17.8 Å². The van der Waals surface area contributed by atoms with Crippen molar-refractivity contribution in [3.05, 3.63) is 35.9 Å². The zero-order valence-corrected chi connectivity index (χ0v) is 13.0. The first-order valence-corrected chi connectivity index (χ1v) is 8.05. The van der Waals surface area contributed by atoms with E-state index in [4.69, 9.17) is 9.72 Å². The molecule has 3 nitrogen and oxygen atoms in total. The number of ether oxygens (including phenoxy) is 1. The average Bonchev–Trinajstić information content (AvgIpc) is 2.49. The summed E-state index contributed by atoms with van der Waals surface area (Å²) in [5.74, 6) is 1.11. The van der Waals surface area contributed by atoms with Gasteiger partial charge in [0.05, 0.1) is 12.1 Å². The lowest BCUT2D eigenvalue weighted by molar-refractivity contribution is 0.199. The van der Waals surface area contributed by atoms with E-state index in [1.165, 1.54) is 10.9 Å². The number of aromatic nitrogens is 1. The second-order valence-electron chi connectivity index (χ2n) is 4.66. The van der Waals surface area contributed by atoms with E-state index in [9.17, 15) is 0 Å². The molecule has 0 fully saturated rings. The Hall–Kier alpha value is -1.10. The van der Waals surface area contributed by atoms with Gasteiger partial charge >= 0.3 is 0 Å². The van der Waals surface area contributed by atoms with Crippen molar-refractivity contribution in [2.75, 3.05) is 26.0 Å². The lowest BCUT2D eigenvalue weighted by Gasteiger charge is -2.11.